The van der Waals surface area contributed by atoms with Gasteiger partial charge in [0.2, 0.25) is 5.28 Å². The van der Waals surface area contributed by atoms with Crippen LogP contribution in [-0.2, 0) is 0 Å². The molecule has 1 aliphatic rings. The van der Waals surface area contributed by atoms with Crippen molar-refractivity contribution in [3.63, 3.8) is 0 Å². The molecule has 1 aliphatic carbocycles. The third kappa shape index (κ3) is 3.91. The number of nitrogens with zero attached hydrogens (tertiary/aromatic N) is 3. The van der Waals surface area contributed by atoms with Crippen LogP contribution in [0.1, 0.15) is 39.0 Å². The van der Waals surface area contributed by atoms with Crippen molar-refractivity contribution in [1.29, 1.82) is 0 Å². The molecule has 0 atom stereocenters. The summed E-state index contributed by atoms with van der Waals surface area (Å²) < 4.78 is 0. The van der Waals surface area contributed by atoms with Crippen molar-refractivity contribution in [2.24, 2.45) is 5.92 Å². The van der Waals surface area contributed by atoms with Crippen LogP contribution >= 0.6 is 23.2 Å². The topological polar surface area (TPSA) is 70.9 Å². The highest BCUT2D eigenvalue weighted by atomic mass is 35.5. The minimum atomic E-state index is -0.702. The van der Waals surface area contributed by atoms with Crippen LogP contribution in [0.15, 0.2) is 0 Å². The molecule has 0 saturated heterocycles. The summed E-state index contributed by atoms with van der Waals surface area (Å²) in [6.07, 6.45) is 4.89. The van der Waals surface area contributed by atoms with Gasteiger partial charge in [-0.15, -0.1) is 10.2 Å². The molecular weight excluding hydrogens is 287 g/mol. The van der Waals surface area contributed by atoms with Gasteiger partial charge in [-0.3, -0.25) is 0 Å². The Kier molecular flexibility index (Phi) is 4.81. The Morgan fingerprint density at radius 1 is 1.32 bits per heavy atom. The normalized spacial score (nSPS) is 27.3. The van der Waals surface area contributed by atoms with Crippen LogP contribution in [0.4, 0.5) is 5.82 Å². The first-order valence-corrected chi connectivity index (χ1v) is 7.30. The molecule has 1 saturated carbocycles. The lowest BCUT2D eigenvalue weighted by molar-refractivity contribution is 0.00222. The highest BCUT2D eigenvalue weighted by Crippen LogP contribution is 2.34. The van der Waals surface area contributed by atoms with Crippen molar-refractivity contribution in [1.82, 2.24) is 15.2 Å². The van der Waals surface area contributed by atoms with Crippen LogP contribution in [0.5, 0.6) is 0 Å². The summed E-state index contributed by atoms with van der Waals surface area (Å²) in [5.74, 6) is 1.10. The van der Waals surface area contributed by atoms with Gasteiger partial charge in [0.15, 0.2) is 11.0 Å². The number of anilines is 1. The molecule has 0 spiro atoms. The summed E-state index contributed by atoms with van der Waals surface area (Å²) in [5, 5.41) is 20.9. The predicted octanol–water partition coefficient (Wildman–Crippen LogP) is 2.92. The molecule has 2 N–H and O–H groups in total. The molecule has 0 unspecified atom stereocenters. The smallest absolute Gasteiger partial charge is 0.245 e. The number of nitrogens with one attached hydrogen (secondary N) is 1. The van der Waals surface area contributed by atoms with Gasteiger partial charge in [0.1, 0.15) is 0 Å². The maximum Gasteiger partial charge on any atom is 0.245 e. The van der Waals surface area contributed by atoms with Gasteiger partial charge < -0.3 is 10.4 Å². The van der Waals surface area contributed by atoms with Gasteiger partial charge in [-0.05, 0) is 43.2 Å². The summed E-state index contributed by atoms with van der Waals surface area (Å²) in [4.78, 5) is 3.96. The Morgan fingerprint density at radius 2 is 2.00 bits per heavy atom. The zero-order valence-electron chi connectivity index (χ0n) is 10.9. The standard InChI is InChI=1S/C12H18Cl2N4O/c1-2-8-3-5-12(19,6-4-8)7-15-10-9(13)17-18-11(14)16-10/h8,19H,2-7H2,1H3,(H,15,16,18). The molecule has 0 amide bonds. The van der Waals surface area contributed by atoms with Crippen LogP contribution in [0.25, 0.3) is 0 Å². The second-order valence-electron chi connectivity index (χ2n) is 5.15. The molecule has 0 aromatic carbocycles. The van der Waals surface area contributed by atoms with E-state index in [2.05, 4.69) is 27.4 Å². The maximum atomic E-state index is 10.5. The Hall–Kier alpha value is -0.650. The molecule has 5 nitrogen and oxygen atoms in total. The monoisotopic (exact) mass is 304 g/mol. The van der Waals surface area contributed by atoms with Gasteiger partial charge in [0.25, 0.3) is 0 Å². The van der Waals surface area contributed by atoms with Crippen molar-refractivity contribution in [3.05, 3.63) is 10.4 Å². The summed E-state index contributed by atoms with van der Waals surface area (Å²) in [6, 6.07) is 0. The number of hydrogen-bond donors (Lipinski definition) is 2. The molecule has 1 fully saturated rings. The second-order valence-corrected chi connectivity index (χ2v) is 5.85. The zero-order chi connectivity index (χ0) is 13.9. The first-order valence-electron chi connectivity index (χ1n) is 6.54. The molecular formula is C12H18Cl2N4O. The first-order chi connectivity index (χ1) is 9.02. The fourth-order valence-corrected chi connectivity index (χ4v) is 2.72. The summed E-state index contributed by atoms with van der Waals surface area (Å²) in [6.45, 7) is 2.60. The fourth-order valence-electron chi connectivity index (χ4n) is 2.45. The number of hydrogen-bond acceptors (Lipinski definition) is 5. The van der Waals surface area contributed by atoms with E-state index in [9.17, 15) is 5.11 Å². The lowest BCUT2D eigenvalue weighted by Gasteiger charge is -2.36. The quantitative estimate of drug-likeness (QED) is 0.895. The Morgan fingerprint density at radius 3 is 2.63 bits per heavy atom. The minimum absolute atomic E-state index is 0.0357. The molecule has 19 heavy (non-hydrogen) atoms. The average Bonchev–Trinajstić information content (AvgIpc) is 2.41. The second kappa shape index (κ2) is 6.20. The Labute approximate surface area is 122 Å². The van der Waals surface area contributed by atoms with Gasteiger partial charge in [-0.1, -0.05) is 24.9 Å². The van der Waals surface area contributed by atoms with Crippen LogP contribution in [0.3, 0.4) is 0 Å². The number of rotatable bonds is 4. The van der Waals surface area contributed by atoms with Gasteiger partial charge in [0, 0.05) is 6.54 Å². The van der Waals surface area contributed by atoms with Crippen LogP contribution in [0, 0.1) is 5.92 Å². The average molecular weight is 305 g/mol. The van der Waals surface area contributed by atoms with Crippen molar-refractivity contribution in [3.8, 4) is 0 Å². The molecule has 1 aromatic rings. The zero-order valence-corrected chi connectivity index (χ0v) is 12.4. The third-order valence-electron chi connectivity index (χ3n) is 3.82. The van der Waals surface area contributed by atoms with Crippen molar-refractivity contribution >= 4 is 29.0 Å². The van der Waals surface area contributed by atoms with E-state index in [0.29, 0.717) is 12.4 Å². The fraction of sp³-hybridized carbons (Fsp3) is 0.750. The van der Waals surface area contributed by atoms with Crippen LogP contribution in [-0.4, -0.2) is 32.4 Å². The van der Waals surface area contributed by atoms with E-state index >= 15 is 0 Å². The molecule has 1 heterocycles. The lowest BCUT2D eigenvalue weighted by atomic mass is 9.78. The first kappa shape index (κ1) is 14.8. The number of halogens is 2. The van der Waals surface area contributed by atoms with E-state index in [4.69, 9.17) is 23.2 Å². The molecule has 0 aliphatic heterocycles. The summed E-state index contributed by atoms with van der Waals surface area (Å²) >= 11 is 11.5. The predicted molar refractivity (Wildman–Crippen MR) is 75.5 cm³/mol. The molecule has 0 bridgehead atoms. The van der Waals surface area contributed by atoms with Gasteiger partial charge >= 0.3 is 0 Å². The van der Waals surface area contributed by atoms with E-state index in [1.807, 2.05) is 0 Å². The van der Waals surface area contributed by atoms with E-state index in [1.165, 1.54) is 6.42 Å². The van der Waals surface area contributed by atoms with Crippen molar-refractivity contribution in [2.45, 2.75) is 44.6 Å². The lowest BCUT2D eigenvalue weighted by Crippen LogP contribution is -2.40. The van der Waals surface area contributed by atoms with Gasteiger partial charge in [0.05, 0.1) is 5.60 Å². The SMILES string of the molecule is CCC1CCC(O)(CNc2nc(Cl)nnc2Cl)CC1. The molecule has 7 heteroatoms. The number of aliphatic hydroxyl groups is 1. The summed E-state index contributed by atoms with van der Waals surface area (Å²) in [5.41, 5.74) is -0.702. The van der Waals surface area contributed by atoms with Crippen LogP contribution < -0.4 is 5.32 Å². The van der Waals surface area contributed by atoms with Gasteiger partial charge in [-0.2, -0.15) is 4.98 Å². The molecule has 0 radical (unpaired) electrons. The van der Waals surface area contributed by atoms with E-state index < -0.39 is 5.60 Å². The van der Waals surface area contributed by atoms with E-state index in [-0.39, 0.29) is 10.4 Å². The largest absolute Gasteiger partial charge is 0.388 e. The van der Waals surface area contributed by atoms with E-state index in [0.717, 1.165) is 31.6 Å². The number of aromatic nitrogens is 3. The minimum Gasteiger partial charge on any atom is -0.388 e. The van der Waals surface area contributed by atoms with E-state index in [1.54, 1.807) is 0 Å². The highest BCUT2D eigenvalue weighted by Gasteiger charge is 2.32. The van der Waals surface area contributed by atoms with Gasteiger partial charge in [-0.25, -0.2) is 0 Å². The Balaban J connectivity index is 1.93. The van der Waals surface area contributed by atoms with Crippen molar-refractivity contribution in [2.75, 3.05) is 11.9 Å². The van der Waals surface area contributed by atoms with Crippen molar-refractivity contribution < 1.29 is 5.11 Å². The molecule has 106 valence electrons. The Bertz CT molecular complexity index is 436. The summed E-state index contributed by atoms with van der Waals surface area (Å²) in [7, 11) is 0. The highest BCUT2D eigenvalue weighted by molar-refractivity contribution is 6.32. The maximum absolute atomic E-state index is 10.5. The third-order valence-corrected chi connectivity index (χ3v) is 4.23. The van der Waals surface area contributed by atoms with Crippen LogP contribution in [0.2, 0.25) is 10.4 Å². The molecule has 2 rings (SSSR count). The molecule has 1 aromatic heterocycles.